The second kappa shape index (κ2) is 7.78. The van der Waals surface area contributed by atoms with Crippen molar-refractivity contribution in [2.24, 2.45) is 5.73 Å². The van der Waals surface area contributed by atoms with Crippen LogP contribution in [-0.4, -0.2) is 25.5 Å². The van der Waals surface area contributed by atoms with Crippen molar-refractivity contribution in [2.75, 3.05) is 5.88 Å². The molecule has 0 aliphatic carbocycles. The van der Waals surface area contributed by atoms with Gasteiger partial charge in [-0.05, 0) is 23.3 Å². The molecule has 2 aromatic carbocycles. The van der Waals surface area contributed by atoms with Gasteiger partial charge >= 0.3 is 0 Å². The molecule has 0 unspecified atom stereocenters. The molecule has 32 heavy (non-hydrogen) atoms. The highest BCUT2D eigenvalue weighted by Crippen LogP contribution is 2.35. The molecular formula is C25H20N6S. The molecule has 0 radical (unpaired) electrons. The zero-order valence-corrected chi connectivity index (χ0v) is 18.0. The lowest BCUT2D eigenvalue weighted by Crippen LogP contribution is -1.97. The maximum absolute atomic E-state index is 5.79. The molecule has 3 aromatic heterocycles. The van der Waals surface area contributed by atoms with Crippen LogP contribution in [0.3, 0.4) is 0 Å². The molecule has 3 N–H and O–H groups in total. The van der Waals surface area contributed by atoms with Crippen LogP contribution in [0.2, 0.25) is 0 Å². The summed E-state index contributed by atoms with van der Waals surface area (Å²) in [6.07, 6.45) is 4.00. The summed E-state index contributed by atoms with van der Waals surface area (Å²) >= 11 is 1.73. The number of nitrogens with two attached hydrogens (primary N) is 1. The first kappa shape index (κ1) is 19.0. The average Bonchev–Trinajstić information content (AvgIpc) is 3.54. The van der Waals surface area contributed by atoms with E-state index < -0.39 is 0 Å². The van der Waals surface area contributed by atoms with Gasteiger partial charge in [0.1, 0.15) is 0 Å². The number of hydrogen-bond acceptors (Lipinski definition) is 6. The normalized spacial score (nSPS) is 13.5. The molecule has 6 nitrogen and oxygen atoms in total. The largest absolute Gasteiger partial charge is 0.380 e. The van der Waals surface area contributed by atoms with E-state index in [0.29, 0.717) is 6.54 Å². The predicted octanol–water partition coefficient (Wildman–Crippen LogP) is 4.66. The first-order chi connectivity index (χ1) is 15.8. The molecule has 4 heterocycles. The Bertz CT molecular complexity index is 1470. The predicted molar refractivity (Wildman–Crippen MR) is 131 cm³/mol. The second-order valence-corrected chi connectivity index (χ2v) is 8.64. The SMILES string of the molecule is NCc1ccc(-c2nc3ccn4c(C5=CNCS5)nnc4c3cc2-c2ccccc2)cc1. The lowest BCUT2D eigenvalue weighted by Gasteiger charge is -2.12. The van der Waals surface area contributed by atoms with E-state index in [0.717, 1.165) is 61.1 Å². The van der Waals surface area contributed by atoms with E-state index in [4.69, 9.17) is 10.7 Å². The standard InChI is InChI=1S/C25H20N6S/c26-13-16-6-8-18(9-7-16)23-19(17-4-2-1-3-5-17)12-20-21(28-23)10-11-31-24(20)29-30-25(31)22-14-27-15-32-22/h1-12,14,27H,13,15,26H2. The number of benzene rings is 2. The quantitative estimate of drug-likeness (QED) is 0.426. The monoisotopic (exact) mass is 436 g/mol. The van der Waals surface area contributed by atoms with Gasteiger partial charge in [0.2, 0.25) is 0 Å². The van der Waals surface area contributed by atoms with E-state index >= 15 is 0 Å². The maximum atomic E-state index is 5.79. The Kier molecular flexibility index (Phi) is 4.63. The Morgan fingerprint density at radius 1 is 0.969 bits per heavy atom. The maximum Gasteiger partial charge on any atom is 0.176 e. The average molecular weight is 437 g/mol. The molecule has 0 amide bonds. The minimum atomic E-state index is 0.522. The van der Waals surface area contributed by atoms with Gasteiger partial charge in [0.05, 0.1) is 22.0 Å². The van der Waals surface area contributed by atoms with E-state index in [-0.39, 0.29) is 0 Å². The van der Waals surface area contributed by atoms with E-state index in [1.807, 2.05) is 41.1 Å². The lowest BCUT2D eigenvalue weighted by molar-refractivity contribution is 1.06. The fourth-order valence-corrected chi connectivity index (χ4v) is 4.80. The molecule has 0 bridgehead atoms. The third-order valence-corrected chi connectivity index (χ3v) is 6.61. The van der Waals surface area contributed by atoms with Gasteiger partial charge < -0.3 is 11.1 Å². The van der Waals surface area contributed by atoms with Crippen LogP contribution >= 0.6 is 11.8 Å². The van der Waals surface area contributed by atoms with Gasteiger partial charge in [-0.3, -0.25) is 4.40 Å². The highest BCUT2D eigenvalue weighted by atomic mass is 32.2. The number of nitrogens with zero attached hydrogens (tertiary/aromatic N) is 4. The lowest BCUT2D eigenvalue weighted by atomic mass is 9.97. The van der Waals surface area contributed by atoms with Crippen molar-refractivity contribution in [3.8, 4) is 22.4 Å². The van der Waals surface area contributed by atoms with Crippen LogP contribution in [0.1, 0.15) is 11.4 Å². The molecule has 1 aliphatic rings. The Balaban J connectivity index is 1.61. The zero-order chi connectivity index (χ0) is 21.5. The topological polar surface area (TPSA) is 81.1 Å². The van der Waals surface area contributed by atoms with E-state index in [2.05, 4.69) is 58.0 Å². The number of pyridine rings is 2. The van der Waals surface area contributed by atoms with Gasteiger partial charge in [0.15, 0.2) is 11.5 Å². The Labute approximate surface area is 189 Å². The zero-order valence-electron chi connectivity index (χ0n) is 17.2. The Morgan fingerprint density at radius 2 is 1.81 bits per heavy atom. The van der Waals surface area contributed by atoms with Gasteiger partial charge in [-0.15, -0.1) is 10.2 Å². The van der Waals surface area contributed by atoms with Crippen molar-refractivity contribution in [1.82, 2.24) is 24.9 Å². The molecule has 5 aromatic rings. The first-order valence-corrected chi connectivity index (χ1v) is 11.4. The smallest absolute Gasteiger partial charge is 0.176 e. The van der Waals surface area contributed by atoms with Crippen LogP contribution < -0.4 is 11.1 Å². The van der Waals surface area contributed by atoms with E-state index in [9.17, 15) is 0 Å². The van der Waals surface area contributed by atoms with Crippen molar-refractivity contribution in [1.29, 1.82) is 0 Å². The Morgan fingerprint density at radius 3 is 2.56 bits per heavy atom. The highest BCUT2D eigenvalue weighted by molar-refractivity contribution is 8.08. The molecule has 156 valence electrons. The second-order valence-electron chi connectivity index (χ2n) is 7.62. The van der Waals surface area contributed by atoms with Gasteiger partial charge in [-0.2, -0.15) is 0 Å². The summed E-state index contributed by atoms with van der Waals surface area (Å²) in [6, 6.07) is 22.9. The Hall–Kier alpha value is -3.68. The van der Waals surface area contributed by atoms with Gasteiger partial charge in [0.25, 0.3) is 0 Å². The molecule has 7 heteroatoms. The minimum Gasteiger partial charge on any atom is -0.380 e. The van der Waals surface area contributed by atoms with Crippen LogP contribution in [0, 0.1) is 0 Å². The van der Waals surface area contributed by atoms with Crippen molar-refractivity contribution in [2.45, 2.75) is 6.54 Å². The molecule has 0 fully saturated rings. The summed E-state index contributed by atoms with van der Waals surface area (Å²) < 4.78 is 2.04. The minimum absolute atomic E-state index is 0.522. The number of fused-ring (bicyclic) bond motifs is 3. The fraction of sp³-hybridized carbons (Fsp3) is 0.0800. The van der Waals surface area contributed by atoms with E-state index in [1.165, 1.54) is 0 Å². The van der Waals surface area contributed by atoms with Crippen molar-refractivity contribution < 1.29 is 0 Å². The van der Waals surface area contributed by atoms with Crippen LogP contribution in [0.15, 0.2) is 79.1 Å². The summed E-state index contributed by atoms with van der Waals surface area (Å²) in [7, 11) is 0. The van der Waals surface area contributed by atoms with Crippen molar-refractivity contribution in [3.05, 3.63) is 90.5 Å². The number of thioether (sulfide) groups is 1. The third kappa shape index (κ3) is 3.14. The molecule has 0 spiro atoms. The summed E-state index contributed by atoms with van der Waals surface area (Å²) in [5.41, 5.74) is 12.8. The summed E-state index contributed by atoms with van der Waals surface area (Å²) in [4.78, 5) is 6.18. The highest BCUT2D eigenvalue weighted by Gasteiger charge is 2.18. The van der Waals surface area contributed by atoms with Gasteiger partial charge in [-0.25, -0.2) is 4.98 Å². The van der Waals surface area contributed by atoms with Gasteiger partial charge in [-0.1, -0.05) is 66.4 Å². The number of rotatable bonds is 4. The van der Waals surface area contributed by atoms with Crippen LogP contribution in [0.5, 0.6) is 0 Å². The van der Waals surface area contributed by atoms with Gasteiger partial charge in [0, 0.05) is 35.5 Å². The van der Waals surface area contributed by atoms with E-state index in [1.54, 1.807) is 11.8 Å². The molecule has 0 saturated carbocycles. The van der Waals surface area contributed by atoms with Crippen molar-refractivity contribution in [3.63, 3.8) is 0 Å². The van der Waals surface area contributed by atoms with Crippen LogP contribution in [0.4, 0.5) is 0 Å². The molecular weight excluding hydrogens is 416 g/mol. The number of nitrogens with one attached hydrogen (secondary N) is 1. The van der Waals surface area contributed by atoms with Crippen LogP contribution in [-0.2, 0) is 6.54 Å². The molecule has 6 rings (SSSR count). The van der Waals surface area contributed by atoms with Crippen molar-refractivity contribution >= 4 is 33.2 Å². The summed E-state index contributed by atoms with van der Waals surface area (Å²) in [6.45, 7) is 0.522. The number of hydrogen-bond donors (Lipinski definition) is 2. The molecule has 0 atom stereocenters. The number of aromatic nitrogens is 4. The fourth-order valence-electron chi connectivity index (χ4n) is 4.04. The summed E-state index contributed by atoms with van der Waals surface area (Å²) in [5.74, 6) is 1.70. The van der Waals surface area contributed by atoms with Crippen LogP contribution in [0.25, 0.3) is 43.8 Å². The summed E-state index contributed by atoms with van der Waals surface area (Å²) in [5, 5.41) is 13.2. The molecule has 0 saturated heterocycles. The third-order valence-electron chi connectivity index (χ3n) is 5.68. The first-order valence-electron chi connectivity index (χ1n) is 10.4. The molecule has 1 aliphatic heterocycles.